The molecule has 1 aliphatic heterocycles. The van der Waals surface area contributed by atoms with Gasteiger partial charge in [-0.3, -0.25) is 4.79 Å². The molecule has 2 aliphatic carbocycles. The molecule has 5 nitrogen and oxygen atoms in total. The van der Waals surface area contributed by atoms with E-state index in [0.717, 1.165) is 30.6 Å². The fourth-order valence-corrected chi connectivity index (χ4v) is 3.50. The summed E-state index contributed by atoms with van der Waals surface area (Å²) < 4.78 is 38.7. The van der Waals surface area contributed by atoms with Crippen molar-refractivity contribution in [2.24, 2.45) is 23.2 Å². The van der Waals surface area contributed by atoms with Gasteiger partial charge in [-0.2, -0.15) is 13.2 Å². The smallest absolute Gasteiger partial charge is 0.394 e. The van der Waals surface area contributed by atoms with E-state index in [2.05, 4.69) is 5.32 Å². The number of nitrogens with one attached hydrogen (secondary N) is 1. The topological polar surface area (TPSA) is 69.6 Å². The molecule has 2 N–H and O–H groups in total. The average Bonchev–Trinajstić information content (AvgIpc) is 3.31. The van der Waals surface area contributed by atoms with E-state index in [4.69, 9.17) is 5.11 Å². The van der Waals surface area contributed by atoms with Crippen LogP contribution in [0, 0.1) is 23.2 Å². The normalized spacial score (nSPS) is 30.2. The second-order valence-electron chi connectivity index (χ2n) is 6.79. The van der Waals surface area contributed by atoms with Crippen LogP contribution in [-0.4, -0.2) is 47.8 Å². The number of rotatable bonds is 4. The molecular weight excluding hydrogens is 301 g/mol. The van der Waals surface area contributed by atoms with E-state index in [-0.39, 0.29) is 12.0 Å². The van der Waals surface area contributed by atoms with Gasteiger partial charge in [-0.25, -0.2) is 4.79 Å². The first-order valence-corrected chi connectivity index (χ1v) is 7.55. The van der Waals surface area contributed by atoms with Crippen LogP contribution in [0.3, 0.4) is 0 Å². The molecule has 3 rings (SSSR count). The summed E-state index contributed by atoms with van der Waals surface area (Å²) in [5, 5.41) is 11.6. The quantitative estimate of drug-likeness (QED) is 0.833. The fraction of sp³-hybridized carbons (Fsp3) is 0.857. The van der Waals surface area contributed by atoms with Crippen LogP contribution < -0.4 is 5.32 Å². The van der Waals surface area contributed by atoms with Gasteiger partial charge in [0, 0.05) is 19.6 Å². The van der Waals surface area contributed by atoms with Crippen LogP contribution in [0.15, 0.2) is 0 Å². The Labute approximate surface area is 125 Å². The zero-order chi connectivity index (χ0) is 16.1. The van der Waals surface area contributed by atoms with E-state index in [1.54, 1.807) is 0 Å². The lowest BCUT2D eigenvalue weighted by Gasteiger charge is -2.21. The zero-order valence-corrected chi connectivity index (χ0v) is 12.0. The zero-order valence-electron chi connectivity index (χ0n) is 12.0. The molecule has 3 fully saturated rings. The molecule has 0 aromatic carbocycles. The van der Waals surface area contributed by atoms with Gasteiger partial charge in [0.1, 0.15) is 0 Å². The number of likely N-dealkylation sites (tertiary alicyclic amines) is 1. The SMILES string of the molecule is O=C(O)[C@@H]1CN(C(=O)NCC2(C3CC3)CC2)C[C@H]1C(F)(F)F. The Morgan fingerprint density at radius 3 is 2.27 bits per heavy atom. The Morgan fingerprint density at radius 1 is 1.23 bits per heavy atom. The Kier molecular flexibility index (Phi) is 3.52. The molecule has 0 aromatic heterocycles. The van der Waals surface area contributed by atoms with E-state index in [0.29, 0.717) is 12.5 Å². The van der Waals surface area contributed by atoms with Crippen LogP contribution in [0.2, 0.25) is 0 Å². The van der Waals surface area contributed by atoms with Crippen molar-refractivity contribution in [1.29, 1.82) is 0 Å². The number of hydrogen-bond donors (Lipinski definition) is 2. The highest BCUT2D eigenvalue weighted by molar-refractivity contribution is 5.77. The minimum Gasteiger partial charge on any atom is -0.481 e. The van der Waals surface area contributed by atoms with Gasteiger partial charge < -0.3 is 15.3 Å². The molecular formula is C14H19F3N2O3. The number of carbonyl (C=O) groups excluding carboxylic acids is 1. The van der Waals surface area contributed by atoms with Crippen LogP contribution >= 0.6 is 0 Å². The molecule has 0 aromatic rings. The molecule has 0 unspecified atom stereocenters. The second-order valence-corrected chi connectivity index (χ2v) is 6.79. The molecule has 2 atom stereocenters. The highest BCUT2D eigenvalue weighted by atomic mass is 19.4. The Balaban J connectivity index is 1.57. The Bertz CT molecular complexity index is 486. The summed E-state index contributed by atoms with van der Waals surface area (Å²) in [4.78, 5) is 24.0. The number of carbonyl (C=O) groups is 2. The van der Waals surface area contributed by atoms with Crippen molar-refractivity contribution in [1.82, 2.24) is 10.2 Å². The first-order chi connectivity index (χ1) is 10.2. The van der Waals surface area contributed by atoms with Crippen LogP contribution in [0.25, 0.3) is 0 Å². The molecule has 3 aliphatic rings. The highest BCUT2D eigenvalue weighted by Crippen LogP contribution is 2.60. The van der Waals surface area contributed by atoms with Crippen molar-refractivity contribution in [3.8, 4) is 0 Å². The number of aliphatic carboxylic acids is 1. The Hall–Kier alpha value is -1.47. The summed E-state index contributed by atoms with van der Waals surface area (Å²) in [6.07, 6.45) is -0.167. The predicted octanol–water partition coefficient (Wildman–Crippen LogP) is 2.08. The maximum absolute atomic E-state index is 12.9. The summed E-state index contributed by atoms with van der Waals surface area (Å²) in [7, 11) is 0. The van der Waals surface area contributed by atoms with E-state index in [1.807, 2.05) is 0 Å². The van der Waals surface area contributed by atoms with Crippen molar-refractivity contribution in [3.63, 3.8) is 0 Å². The largest absolute Gasteiger partial charge is 0.481 e. The fourth-order valence-electron chi connectivity index (χ4n) is 3.50. The van der Waals surface area contributed by atoms with Gasteiger partial charge in [-0.1, -0.05) is 0 Å². The standard InChI is InChI=1S/C14H19F3N2O3/c15-14(16,17)10-6-19(5-9(10)11(20)21)12(22)18-7-13(3-4-13)8-1-2-8/h8-10H,1-7H2,(H,18,22)(H,20,21)/t9-,10-/m1/s1. The van der Waals surface area contributed by atoms with Crippen molar-refractivity contribution in [2.45, 2.75) is 31.9 Å². The molecule has 0 radical (unpaired) electrons. The monoisotopic (exact) mass is 320 g/mol. The maximum Gasteiger partial charge on any atom is 0.394 e. The van der Waals surface area contributed by atoms with Gasteiger partial charge in [0.2, 0.25) is 0 Å². The summed E-state index contributed by atoms with van der Waals surface area (Å²) in [6.45, 7) is -0.480. The minimum absolute atomic E-state index is 0.158. The van der Waals surface area contributed by atoms with Crippen molar-refractivity contribution in [2.75, 3.05) is 19.6 Å². The van der Waals surface area contributed by atoms with Crippen LogP contribution in [-0.2, 0) is 4.79 Å². The van der Waals surface area contributed by atoms with E-state index in [9.17, 15) is 22.8 Å². The third-order valence-electron chi connectivity index (χ3n) is 5.27. The number of nitrogens with zero attached hydrogens (tertiary/aromatic N) is 1. The lowest BCUT2D eigenvalue weighted by molar-refractivity contribution is -0.187. The van der Waals surface area contributed by atoms with Crippen LogP contribution in [0.1, 0.15) is 25.7 Å². The minimum atomic E-state index is -4.61. The lowest BCUT2D eigenvalue weighted by atomic mass is 9.96. The summed E-state index contributed by atoms with van der Waals surface area (Å²) in [5.41, 5.74) is 0.158. The molecule has 1 heterocycles. The third-order valence-corrected chi connectivity index (χ3v) is 5.27. The van der Waals surface area contributed by atoms with E-state index in [1.165, 1.54) is 0 Å². The molecule has 1 saturated heterocycles. The van der Waals surface area contributed by atoms with E-state index >= 15 is 0 Å². The van der Waals surface area contributed by atoms with E-state index < -0.39 is 36.6 Å². The number of hydrogen-bond acceptors (Lipinski definition) is 2. The average molecular weight is 320 g/mol. The van der Waals surface area contributed by atoms with Gasteiger partial charge in [0.15, 0.2) is 0 Å². The molecule has 22 heavy (non-hydrogen) atoms. The van der Waals surface area contributed by atoms with Gasteiger partial charge in [-0.05, 0) is 37.0 Å². The third kappa shape index (κ3) is 2.87. The highest BCUT2D eigenvalue weighted by Gasteiger charge is 2.55. The number of amides is 2. The van der Waals surface area contributed by atoms with Crippen molar-refractivity contribution < 1.29 is 27.9 Å². The first-order valence-electron chi connectivity index (χ1n) is 7.55. The number of urea groups is 1. The van der Waals surface area contributed by atoms with Gasteiger partial charge >= 0.3 is 18.2 Å². The van der Waals surface area contributed by atoms with Gasteiger partial charge in [0.25, 0.3) is 0 Å². The maximum atomic E-state index is 12.9. The molecule has 2 amide bonds. The molecule has 0 spiro atoms. The van der Waals surface area contributed by atoms with Crippen molar-refractivity contribution >= 4 is 12.0 Å². The van der Waals surface area contributed by atoms with Crippen LogP contribution in [0.5, 0.6) is 0 Å². The molecule has 8 heteroatoms. The summed E-state index contributed by atoms with van der Waals surface area (Å²) in [5.74, 6) is -4.44. The summed E-state index contributed by atoms with van der Waals surface area (Å²) >= 11 is 0. The predicted molar refractivity (Wildman–Crippen MR) is 70.0 cm³/mol. The van der Waals surface area contributed by atoms with Crippen LogP contribution in [0.4, 0.5) is 18.0 Å². The van der Waals surface area contributed by atoms with Gasteiger partial charge in [0.05, 0.1) is 11.8 Å². The molecule has 124 valence electrons. The molecule has 2 saturated carbocycles. The number of halogens is 3. The first kappa shape index (κ1) is 15.4. The summed E-state index contributed by atoms with van der Waals surface area (Å²) in [6, 6.07) is -0.579. The number of carboxylic acid groups (broad SMARTS) is 1. The Morgan fingerprint density at radius 2 is 1.86 bits per heavy atom. The number of carboxylic acids is 1. The number of alkyl halides is 3. The molecule has 0 bridgehead atoms. The lowest BCUT2D eigenvalue weighted by Crippen LogP contribution is -2.42. The second kappa shape index (κ2) is 5.03. The van der Waals surface area contributed by atoms with Crippen molar-refractivity contribution in [3.05, 3.63) is 0 Å². The van der Waals surface area contributed by atoms with Gasteiger partial charge in [-0.15, -0.1) is 0 Å².